The molecule has 0 spiro atoms. The molecule has 0 radical (unpaired) electrons. The average molecular weight is 354 g/mol. The summed E-state index contributed by atoms with van der Waals surface area (Å²) < 4.78 is 28.0. The Labute approximate surface area is 150 Å². The maximum atomic E-state index is 13.6. The standard InChI is InChI=1S/C19H17BF2N2O2/c1-11-8-12(2)23-17(11)9-18-13(3)16(10-24(18)20(21)22)14-4-6-15(7-5-14)19(25)26/h4-10H,1-3H3,(H,25,26)/b17-9-. The van der Waals surface area contributed by atoms with Crippen LogP contribution >= 0.6 is 0 Å². The zero-order chi connectivity index (χ0) is 19.0. The first-order valence-corrected chi connectivity index (χ1v) is 8.07. The van der Waals surface area contributed by atoms with Gasteiger partial charge in [0.25, 0.3) is 0 Å². The van der Waals surface area contributed by atoms with Crippen LogP contribution in [0.3, 0.4) is 0 Å². The third-order valence-electron chi connectivity index (χ3n) is 4.39. The van der Waals surface area contributed by atoms with Gasteiger partial charge in [0.05, 0.1) is 11.3 Å². The predicted octanol–water partition coefficient (Wildman–Crippen LogP) is 4.70. The van der Waals surface area contributed by atoms with Crippen molar-refractivity contribution in [2.24, 2.45) is 4.99 Å². The Hall–Kier alpha value is -2.96. The van der Waals surface area contributed by atoms with E-state index in [1.165, 1.54) is 18.3 Å². The lowest BCUT2D eigenvalue weighted by molar-refractivity contribution is 0.0697. The molecule has 132 valence electrons. The molecule has 1 N–H and O–H groups in total. The first kappa shape index (κ1) is 17.9. The molecule has 0 unspecified atom stereocenters. The smallest absolute Gasteiger partial charge is 0.478 e. The second-order valence-corrected chi connectivity index (χ2v) is 6.23. The molecular weight excluding hydrogens is 337 g/mol. The van der Waals surface area contributed by atoms with E-state index in [1.807, 2.05) is 19.9 Å². The van der Waals surface area contributed by atoms with Gasteiger partial charge in [-0.15, -0.1) is 0 Å². The van der Waals surface area contributed by atoms with Crippen molar-refractivity contribution in [1.29, 1.82) is 0 Å². The summed E-state index contributed by atoms with van der Waals surface area (Å²) in [6.07, 6.45) is 4.97. The highest BCUT2D eigenvalue weighted by molar-refractivity contribution is 6.41. The molecule has 1 aromatic heterocycles. The number of rotatable bonds is 4. The topological polar surface area (TPSA) is 54.6 Å². The number of aliphatic imine (C=N–C) groups is 1. The van der Waals surface area contributed by atoms with Crippen molar-refractivity contribution in [2.75, 3.05) is 0 Å². The minimum absolute atomic E-state index is 0.151. The maximum Gasteiger partial charge on any atom is 0.677 e. The van der Waals surface area contributed by atoms with E-state index in [1.54, 1.807) is 25.1 Å². The van der Waals surface area contributed by atoms with Crippen LogP contribution < -0.4 is 0 Å². The van der Waals surface area contributed by atoms with E-state index >= 15 is 0 Å². The van der Waals surface area contributed by atoms with Gasteiger partial charge in [0.1, 0.15) is 0 Å². The fourth-order valence-electron chi connectivity index (χ4n) is 3.04. The molecule has 1 aliphatic heterocycles. The monoisotopic (exact) mass is 354 g/mol. The number of allylic oxidation sites excluding steroid dienone is 2. The zero-order valence-corrected chi connectivity index (χ0v) is 14.6. The van der Waals surface area contributed by atoms with E-state index in [4.69, 9.17) is 5.11 Å². The van der Waals surface area contributed by atoms with Gasteiger partial charge in [-0.2, -0.15) is 0 Å². The zero-order valence-electron chi connectivity index (χ0n) is 14.6. The molecule has 3 rings (SSSR count). The third kappa shape index (κ3) is 3.25. The second-order valence-electron chi connectivity index (χ2n) is 6.23. The molecule has 0 aliphatic carbocycles. The van der Waals surface area contributed by atoms with Gasteiger partial charge in [0.15, 0.2) is 0 Å². The summed E-state index contributed by atoms with van der Waals surface area (Å²) in [7, 11) is -2.69. The molecule has 1 aliphatic rings. The summed E-state index contributed by atoms with van der Waals surface area (Å²) in [5, 5.41) is 9.00. The minimum atomic E-state index is -2.69. The summed E-state index contributed by atoms with van der Waals surface area (Å²) in [5.41, 5.74) is 4.98. The molecule has 4 nitrogen and oxygen atoms in total. The number of carboxylic acids is 1. The number of benzene rings is 1. The second kappa shape index (κ2) is 6.75. The molecule has 0 bridgehead atoms. The average Bonchev–Trinajstić information content (AvgIpc) is 3.08. The van der Waals surface area contributed by atoms with Crippen LogP contribution in [0.15, 0.2) is 52.8 Å². The van der Waals surface area contributed by atoms with Crippen LogP contribution in [0.2, 0.25) is 0 Å². The number of nitrogens with zero attached hydrogens (tertiary/aromatic N) is 2. The van der Waals surface area contributed by atoms with E-state index in [-0.39, 0.29) is 5.56 Å². The Balaban J connectivity index is 2.11. The van der Waals surface area contributed by atoms with E-state index in [9.17, 15) is 13.4 Å². The molecular formula is C19H17BF2N2O2. The number of carboxylic acid groups (broad SMARTS) is 1. The molecule has 0 atom stereocenters. The van der Waals surface area contributed by atoms with Gasteiger partial charge in [-0.25, -0.2) is 4.79 Å². The molecule has 7 heteroatoms. The Kier molecular flexibility index (Phi) is 4.63. The van der Waals surface area contributed by atoms with Gasteiger partial charge in [-0.3, -0.25) is 13.6 Å². The quantitative estimate of drug-likeness (QED) is 0.810. The fourth-order valence-corrected chi connectivity index (χ4v) is 3.04. The van der Waals surface area contributed by atoms with E-state index < -0.39 is 13.4 Å². The number of halogens is 2. The van der Waals surface area contributed by atoms with Gasteiger partial charge in [-0.1, -0.05) is 12.1 Å². The summed E-state index contributed by atoms with van der Waals surface area (Å²) in [4.78, 5) is 15.4. The number of hydrogen-bond acceptors (Lipinski definition) is 2. The highest BCUT2D eigenvalue weighted by atomic mass is 19.2. The lowest BCUT2D eigenvalue weighted by atomic mass is 10.0. The van der Waals surface area contributed by atoms with Gasteiger partial charge in [-0.05, 0) is 61.8 Å². The Morgan fingerprint density at radius 1 is 1.19 bits per heavy atom. The largest absolute Gasteiger partial charge is 0.677 e. The number of aromatic carboxylic acids is 1. The number of hydrogen-bond donors (Lipinski definition) is 1. The maximum absolute atomic E-state index is 13.6. The van der Waals surface area contributed by atoms with Crippen molar-refractivity contribution in [3.05, 3.63) is 64.6 Å². The van der Waals surface area contributed by atoms with Crippen molar-refractivity contribution >= 4 is 25.2 Å². The van der Waals surface area contributed by atoms with Crippen LogP contribution in [-0.4, -0.2) is 28.7 Å². The summed E-state index contributed by atoms with van der Waals surface area (Å²) >= 11 is 0. The van der Waals surface area contributed by atoms with Crippen molar-refractivity contribution in [2.45, 2.75) is 20.8 Å². The Bertz CT molecular complexity index is 970. The van der Waals surface area contributed by atoms with Crippen LogP contribution in [0.25, 0.3) is 17.2 Å². The molecule has 0 amide bonds. The molecule has 2 aromatic rings. The summed E-state index contributed by atoms with van der Waals surface area (Å²) in [6, 6.07) is 6.18. The minimum Gasteiger partial charge on any atom is -0.478 e. The van der Waals surface area contributed by atoms with Crippen LogP contribution in [0.5, 0.6) is 0 Å². The van der Waals surface area contributed by atoms with Crippen LogP contribution in [0.4, 0.5) is 8.63 Å². The van der Waals surface area contributed by atoms with Crippen molar-refractivity contribution in [1.82, 2.24) is 4.48 Å². The van der Waals surface area contributed by atoms with Crippen LogP contribution in [-0.2, 0) is 0 Å². The van der Waals surface area contributed by atoms with E-state index in [0.29, 0.717) is 28.1 Å². The lowest BCUT2D eigenvalue weighted by Gasteiger charge is -2.04. The first-order valence-electron chi connectivity index (χ1n) is 8.07. The van der Waals surface area contributed by atoms with E-state index in [2.05, 4.69) is 4.99 Å². The van der Waals surface area contributed by atoms with Crippen molar-refractivity contribution < 1.29 is 18.5 Å². The van der Waals surface area contributed by atoms with Gasteiger partial charge in [0, 0.05) is 23.2 Å². The van der Waals surface area contributed by atoms with Crippen LogP contribution in [0, 0.1) is 6.92 Å². The Morgan fingerprint density at radius 3 is 2.35 bits per heavy atom. The highest BCUT2D eigenvalue weighted by Crippen LogP contribution is 2.31. The van der Waals surface area contributed by atoms with Crippen molar-refractivity contribution in [3.8, 4) is 11.1 Å². The molecule has 2 heterocycles. The highest BCUT2D eigenvalue weighted by Gasteiger charge is 2.24. The van der Waals surface area contributed by atoms with Gasteiger partial charge in [0.2, 0.25) is 0 Å². The Morgan fingerprint density at radius 2 is 1.85 bits per heavy atom. The fraction of sp³-hybridized carbons (Fsp3) is 0.158. The SMILES string of the molecule is CC1=CC(C)=N/C1=C\c1c(C)c(-c2ccc(C(=O)O)cc2)cn1B(F)F. The molecule has 0 fully saturated rings. The summed E-state index contributed by atoms with van der Waals surface area (Å²) in [6.45, 7) is 5.53. The summed E-state index contributed by atoms with van der Waals surface area (Å²) in [5.74, 6) is -1.03. The molecule has 1 aromatic carbocycles. The number of carbonyl (C=O) groups is 1. The van der Waals surface area contributed by atoms with E-state index in [0.717, 1.165) is 15.8 Å². The van der Waals surface area contributed by atoms with Gasteiger partial charge >= 0.3 is 13.4 Å². The lowest BCUT2D eigenvalue weighted by Crippen LogP contribution is -2.13. The van der Waals surface area contributed by atoms with Gasteiger partial charge < -0.3 is 9.58 Å². The predicted molar refractivity (Wildman–Crippen MR) is 99.8 cm³/mol. The molecule has 0 saturated carbocycles. The first-order chi connectivity index (χ1) is 12.3. The normalized spacial score (nSPS) is 15.2. The van der Waals surface area contributed by atoms with Crippen molar-refractivity contribution in [3.63, 3.8) is 0 Å². The third-order valence-corrected chi connectivity index (χ3v) is 4.39. The molecule has 0 saturated heterocycles. The van der Waals surface area contributed by atoms with Crippen LogP contribution in [0.1, 0.15) is 35.5 Å². The number of aromatic nitrogens is 1. The molecule has 26 heavy (non-hydrogen) atoms.